The van der Waals surface area contributed by atoms with E-state index in [1.54, 1.807) is 0 Å². The van der Waals surface area contributed by atoms with Crippen molar-refractivity contribution in [2.75, 3.05) is 13.2 Å². The lowest BCUT2D eigenvalue weighted by molar-refractivity contribution is 0.0699. The second-order valence-corrected chi connectivity index (χ2v) is 5.31. The molecule has 4 heteroatoms. The number of aromatic nitrogens is 2. The molecule has 1 aliphatic heterocycles. The summed E-state index contributed by atoms with van der Waals surface area (Å²) >= 11 is 0. The van der Waals surface area contributed by atoms with Gasteiger partial charge >= 0.3 is 0 Å². The Kier molecular flexibility index (Phi) is 4.14. The highest BCUT2D eigenvalue weighted by Crippen LogP contribution is 2.12. The van der Waals surface area contributed by atoms with Gasteiger partial charge in [0.15, 0.2) is 0 Å². The van der Waals surface area contributed by atoms with Crippen LogP contribution < -0.4 is 5.32 Å². The molecule has 1 saturated heterocycles. The van der Waals surface area contributed by atoms with Crippen LogP contribution in [0.2, 0.25) is 0 Å². The zero-order valence-corrected chi connectivity index (χ0v) is 11.9. The SMILES string of the molecule is Cc1nccn1-c1ccc(CNC2CCCOC2)cc1. The molecular weight excluding hydrogens is 250 g/mol. The summed E-state index contributed by atoms with van der Waals surface area (Å²) in [5.41, 5.74) is 2.46. The highest BCUT2D eigenvalue weighted by molar-refractivity contribution is 5.35. The normalized spacial score (nSPS) is 19.1. The predicted octanol–water partition coefficient (Wildman–Crippen LogP) is 2.45. The van der Waals surface area contributed by atoms with Gasteiger partial charge < -0.3 is 14.6 Å². The average molecular weight is 271 g/mol. The van der Waals surface area contributed by atoms with Crippen molar-refractivity contribution in [3.8, 4) is 5.69 Å². The summed E-state index contributed by atoms with van der Waals surface area (Å²) in [6.45, 7) is 4.67. The van der Waals surface area contributed by atoms with Gasteiger partial charge in [-0.3, -0.25) is 0 Å². The fourth-order valence-electron chi connectivity index (χ4n) is 2.59. The van der Waals surface area contributed by atoms with E-state index in [1.807, 2.05) is 19.3 Å². The highest BCUT2D eigenvalue weighted by Gasteiger charge is 2.12. The molecule has 1 N–H and O–H groups in total. The molecule has 0 aliphatic carbocycles. The van der Waals surface area contributed by atoms with Gasteiger partial charge in [-0.2, -0.15) is 0 Å². The molecular formula is C16H21N3O. The molecule has 106 valence electrons. The van der Waals surface area contributed by atoms with Gasteiger partial charge in [-0.05, 0) is 37.5 Å². The smallest absolute Gasteiger partial charge is 0.110 e. The molecule has 1 unspecified atom stereocenters. The molecule has 2 aromatic rings. The average Bonchev–Trinajstić information content (AvgIpc) is 2.93. The standard InChI is InChI=1S/C16H21N3O/c1-13-17-8-9-19(13)16-6-4-14(5-7-16)11-18-15-3-2-10-20-12-15/h4-9,15,18H,2-3,10-12H2,1H3. The molecule has 3 rings (SSSR count). The Morgan fingerprint density at radius 1 is 1.35 bits per heavy atom. The Bertz CT molecular complexity index is 541. The molecule has 4 nitrogen and oxygen atoms in total. The Morgan fingerprint density at radius 3 is 2.85 bits per heavy atom. The first-order chi connectivity index (χ1) is 9.83. The molecule has 1 aromatic carbocycles. The van der Waals surface area contributed by atoms with Crippen molar-refractivity contribution in [1.29, 1.82) is 0 Å². The zero-order chi connectivity index (χ0) is 13.8. The summed E-state index contributed by atoms with van der Waals surface area (Å²) < 4.78 is 7.57. The van der Waals surface area contributed by atoms with Gasteiger partial charge in [-0.1, -0.05) is 12.1 Å². The Balaban J connectivity index is 1.60. The van der Waals surface area contributed by atoms with Crippen LogP contribution in [0.15, 0.2) is 36.7 Å². The lowest BCUT2D eigenvalue weighted by Gasteiger charge is -2.23. The number of hydrogen-bond acceptors (Lipinski definition) is 3. The van der Waals surface area contributed by atoms with Gasteiger partial charge in [0.05, 0.1) is 6.61 Å². The van der Waals surface area contributed by atoms with E-state index >= 15 is 0 Å². The maximum atomic E-state index is 5.48. The van der Waals surface area contributed by atoms with E-state index in [0.29, 0.717) is 6.04 Å². The van der Waals surface area contributed by atoms with Crippen molar-refractivity contribution >= 4 is 0 Å². The Hall–Kier alpha value is -1.65. The molecule has 1 atom stereocenters. The third-order valence-electron chi connectivity index (χ3n) is 3.80. The van der Waals surface area contributed by atoms with Crippen LogP contribution in [0.3, 0.4) is 0 Å². The molecule has 1 aromatic heterocycles. The summed E-state index contributed by atoms with van der Waals surface area (Å²) in [6, 6.07) is 9.13. The maximum Gasteiger partial charge on any atom is 0.110 e. The number of nitrogens with zero attached hydrogens (tertiary/aromatic N) is 2. The van der Waals surface area contributed by atoms with Gasteiger partial charge in [0.25, 0.3) is 0 Å². The van der Waals surface area contributed by atoms with Crippen LogP contribution in [0, 0.1) is 6.92 Å². The van der Waals surface area contributed by atoms with E-state index < -0.39 is 0 Å². The minimum Gasteiger partial charge on any atom is -0.380 e. The summed E-state index contributed by atoms with van der Waals surface area (Å²) in [5.74, 6) is 1.01. The summed E-state index contributed by atoms with van der Waals surface area (Å²) in [7, 11) is 0. The van der Waals surface area contributed by atoms with E-state index in [-0.39, 0.29) is 0 Å². The molecule has 0 radical (unpaired) electrons. The third kappa shape index (κ3) is 3.08. The van der Waals surface area contributed by atoms with E-state index in [4.69, 9.17) is 4.74 Å². The van der Waals surface area contributed by atoms with E-state index in [1.165, 1.54) is 12.0 Å². The van der Waals surface area contributed by atoms with Crippen LogP contribution >= 0.6 is 0 Å². The van der Waals surface area contributed by atoms with Crippen LogP contribution in [0.5, 0.6) is 0 Å². The van der Waals surface area contributed by atoms with Crippen molar-refractivity contribution in [3.63, 3.8) is 0 Å². The molecule has 0 spiro atoms. The van der Waals surface area contributed by atoms with Gasteiger partial charge in [0, 0.05) is 37.3 Å². The van der Waals surface area contributed by atoms with Crippen LogP contribution in [-0.2, 0) is 11.3 Å². The molecule has 1 fully saturated rings. The fourth-order valence-corrected chi connectivity index (χ4v) is 2.59. The Labute approximate surface area is 119 Å². The third-order valence-corrected chi connectivity index (χ3v) is 3.80. The lowest BCUT2D eigenvalue weighted by atomic mass is 10.1. The molecule has 1 aliphatic rings. The van der Waals surface area contributed by atoms with Crippen LogP contribution in [-0.4, -0.2) is 28.8 Å². The number of hydrogen-bond donors (Lipinski definition) is 1. The number of ether oxygens (including phenoxy) is 1. The quantitative estimate of drug-likeness (QED) is 0.928. The first-order valence-electron chi connectivity index (χ1n) is 7.23. The summed E-state index contributed by atoms with van der Waals surface area (Å²) in [6.07, 6.45) is 6.19. The van der Waals surface area contributed by atoms with E-state index in [2.05, 4.69) is 39.1 Å². The fraction of sp³-hybridized carbons (Fsp3) is 0.438. The minimum absolute atomic E-state index is 0.499. The minimum atomic E-state index is 0.499. The van der Waals surface area contributed by atoms with Crippen LogP contribution in [0.1, 0.15) is 24.2 Å². The van der Waals surface area contributed by atoms with Crippen molar-refractivity contribution in [1.82, 2.24) is 14.9 Å². The van der Waals surface area contributed by atoms with E-state index in [9.17, 15) is 0 Å². The topological polar surface area (TPSA) is 39.1 Å². The van der Waals surface area contributed by atoms with Gasteiger partial charge in [0.1, 0.15) is 5.82 Å². The number of nitrogens with one attached hydrogen (secondary N) is 1. The number of rotatable bonds is 4. The first-order valence-corrected chi connectivity index (χ1v) is 7.23. The van der Waals surface area contributed by atoms with Crippen LogP contribution in [0.4, 0.5) is 0 Å². The summed E-state index contributed by atoms with van der Waals surface area (Å²) in [5, 5.41) is 3.56. The lowest BCUT2D eigenvalue weighted by Crippen LogP contribution is -2.36. The van der Waals surface area contributed by atoms with Crippen molar-refractivity contribution in [2.45, 2.75) is 32.4 Å². The first kappa shape index (κ1) is 13.3. The molecule has 0 amide bonds. The van der Waals surface area contributed by atoms with E-state index in [0.717, 1.165) is 37.7 Å². The maximum absolute atomic E-state index is 5.48. The largest absolute Gasteiger partial charge is 0.380 e. The monoisotopic (exact) mass is 271 g/mol. The number of aryl methyl sites for hydroxylation is 1. The van der Waals surface area contributed by atoms with Gasteiger partial charge in [0.2, 0.25) is 0 Å². The van der Waals surface area contributed by atoms with Crippen LogP contribution in [0.25, 0.3) is 5.69 Å². The number of imidazole rings is 1. The van der Waals surface area contributed by atoms with Crippen molar-refractivity contribution in [2.24, 2.45) is 0 Å². The molecule has 2 heterocycles. The predicted molar refractivity (Wildman–Crippen MR) is 79.0 cm³/mol. The number of benzene rings is 1. The van der Waals surface area contributed by atoms with Gasteiger partial charge in [-0.15, -0.1) is 0 Å². The Morgan fingerprint density at radius 2 is 2.20 bits per heavy atom. The second-order valence-electron chi connectivity index (χ2n) is 5.31. The van der Waals surface area contributed by atoms with Gasteiger partial charge in [-0.25, -0.2) is 4.98 Å². The van der Waals surface area contributed by atoms with Crippen molar-refractivity contribution < 1.29 is 4.74 Å². The molecule has 20 heavy (non-hydrogen) atoms. The zero-order valence-electron chi connectivity index (χ0n) is 11.9. The molecule has 0 bridgehead atoms. The molecule has 0 saturated carbocycles. The van der Waals surface area contributed by atoms with Crippen molar-refractivity contribution in [3.05, 3.63) is 48.0 Å². The second kappa shape index (κ2) is 6.20. The summed E-state index contributed by atoms with van der Waals surface area (Å²) in [4.78, 5) is 4.25. The highest BCUT2D eigenvalue weighted by atomic mass is 16.5.